The predicted molar refractivity (Wildman–Crippen MR) is 563 cm³/mol. The lowest BCUT2D eigenvalue weighted by molar-refractivity contribution is -0.150. The van der Waals surface area contributed by atoms with Crippen molar-refractivity contribution >= 4 is 55.8 Å². The molecular formula is C119H117BF3NO22SSi. The summed E-state index contributed by atoms with van der Waals surface area (Å²) in [6.07, 6.45) is 7.79. The van der Waals surface area contributed by atoms with Crippen LogP contribution in [0.1, 0.15) is 158 Å². The Balaban J connectivity index is 0.000000142. The lowest BCUT2D eigenvalue weighted by Crippen LogP contribution is -2.41. The molecule has 0 amide bonds. The van der Waals surface area contributed by atoms with E-state index in [0.29, 0.717) is 55.3 Å². The molecule has 14 aromatic carbocycles. The van der Waals surface area contributed by atoms with Gasteiger partial charge in [0.2, 0.25) is 0 Å². The van der Waals surface area contributed by atoms with Crippen LogP contribution in [0.5, 0.6) is 63.2 Å². The SMILES string of the molecule is CC1(C)OB(c2ccc3c(c2)CCCO3)OC1(C)C.COC(=O)C(O)c1ccc(OCc2ccccc2)cc1-c1ccc2c(c1)CCCO2.C[Si](C)(C)OC(C#N)c1ccc(OCc2ccccc2)cc1-c1ccc2c(c1)CCCO2.O=Cc1ccc(OCc2ccccc2)cc1-c1ccc2c(c1)CCCO2.O=Cc1ccc(OCc2ccccc2)cc1O.O=Cc1ccc(OCc2ccccc2)cc1OS(=O)(=O)C(F)(F)F. The minimum atomic E-state index is -5.88. The molecule has 23 nitrogen and oxygen atoms in total. The van der Waals surface area contributed by atoms with Crippen LogP contribution in [0, 0.1) is 11.3 Å². The fraction of sp³-hybridized carbons (Fsp3) is 0.252. The van der Waals surface area contributed by atoms with Crippen molar-refractivity contribution in [3.63, 3.8) is 0 Å². The largest absolute Gasteiger partial charge is 0.534 e. The van der Waals surface area contributed by atoms with Gasteiger partial charge in [0.1, 0.15) is 90.5 Å². The molecule has 2 N–H and O–H groups in total. The third-order valence-corrected chi connectivity index (χ3v) is 26.8. The molecule has 148 heavy (non-hydrogen) atoms. The average Bonchev–Trinajstić information content (AvgIpc) is 1.58. The van der Waals surface area contributed by atoms with Crippen LogP contribution in [0.15, 0.2) is 315 Å². The van der Waals surface area contributed by atoms with Crippen LogP contribution < -0.4 is 52.3 Å². The minimum absolute atomic E-state index is 0.0526. The Morgan fingerprint density at radius 2 is 0.764 bits per heavy atom. The number of methoxy groups -OCH3 is 1. The van der Waals surface area contributed by atoms with Crippen LogP contribution in [0.2, 0.25) is 19.6 Å². The van der Waals surface area contributed by atoms with Gasteiger partial charge in [-0.1, -0.05) is 194 Å². The molecule has 0 aromatic heterocycles. The Bertz CT molecular complexity index is 7000. The van der Waals surface area contributed by atoms with Crippen LogP contribution in [-0.4, -0.2) is 109 Å². The van der Waals surface area contributed by atoms with Crippen molar-refractivity contribution in [2.75, 3.05) is 33.5 Å². The van der Waals surface area contributed by atoms with E-state index < -0.39 is 47.9 Å². The van der Waals surface area contributed by atoms with Gasteiger partial charge in [0.15, 0.2) is 45.1 Å². The van der Waals surface area contributed by atoms with E-state index in [0.717, 1.165) is 208 Å². The summed E-state index contributed by atoms with van der Waals surface area (Å²) in [7, 11) is -6.82. The molecule has 5 aliphatic heterocycles. The van der Waals surface area contributed by atoms with Crippen molar-refractivity contribution in [1.82, 2.24) is 0 Å². The second-order valence-corrected chi connectivity index (χ2v) is 43.3. The van der Waals surface area contributed by atoms with Crippen molar-refractivity contribution < 1.29 is 116 Å². The Kier molecular flexibility index (Phi) is 37.5. The molecule has 764 valence electrons. The zero-order valence-corrected chi connectivity index (χ0v) is 85.4. The summed E-state index contributed by atoms with van der Waals surface area (Å²) in [5.41, 5.74) is 12.3. The molecule has 0 aliphatic carbocycles. The number of esters is 1. The first kappa shape index (κ1) is 108. The first-order valence-corrected chi connectivity index (χ1v) is 53.5. The smallest absolute Gasteiger partial charge is 0.507 e. The lowest BCUT2D eigenvalue weighted by atomic mass is 9.78. The van der Waals surface area contributed by atoms with E-state index in [2.05, 4.69) is 87.9 Å². The van der Waals surface area contributed by atoms with Crippen molar-refractivity contribution in [3.05, 3.63) is 393 Å². The Morgan fingerprint density at radius 1 is 0.432 bits per heavy atom. The second kappa shape index (κ2) is 51.2. The van der Waals surface area contributed by atoms with Crippen molar-refractivity contribution in [1.29, 1.82) is 5.26 Å². The molecule has 19 rings (SSSR count). The molecule has 0 bridgehead atoms. The van der Waals surface area contributed by atoms with Crippen LogP contribution in [0.4, 0.5) is 13.2 Å². The molecule has 2 atom stereocenters. The minimum Gasteiger partial charge on any atom is -0.507 e. The van der Waals surface area contributed by atoms with Gasteiger partial charge in [-0.2, -0.15) is 26.9 Å². The number of rotatable bonds is 29. The number of nitriles is 1. The summed E-state index contributed by atoms with van der Waals surface area (Å²) in [6, 6.07) is 100. The summed E-state index contributed by atoms with van der Waals surface area (Å²) >= 11 is 0. The number of nitrogens with zero attached hydrogens (tertiary/aromatic N) is 1. The maximum Gasteiger partial charge on any atom is 0.534 e. The number of carbonyl (C=O) groups excluding carboxylic acids is 4. The number of aryl methyl sites for hydroxylation is 4. The van der Waals surface area contributed by atoms with Gasteiger partial charge in [0.05, 0.1) is 61.9 Å². The third kappa shape index (κ3) is 30.0. The van der Waals surface area contributed by atoms with Crippen LogP contribution >= 0.6 is 0 Å². The normalized spacial score (nSPS) is 14.2. The maximum absolute atomic E-state index is 12.4. The molecule has 2 unspecified atom stereocenters. The maximum atomic E-state index is 12.4. The number of phenols is 1. The molecule has 0 radical (unpaired) electrons. The number of fused-ring (bicyclic) bond motifs is 4. The average molecular weight is 2040 g/mol. The van der Waals surface area contributed by atoms with Gasteiger partial charge < -0.3 is 75.5 Å². The summed E-state index contributed by atoms with van der Waals surface area (Å²) in [4.78, 5) is 44.9. The number of alkyl halides is 3. The fourth-order valence-corrected chi connectivity index (χ4v) is 17.8. The number of benzene rings is 14. The van der Waals surface area contributed by atoms with E-state index >= 15 is 0 Å². The number of ether oxygens (including phenoxy) is 10. The quantitative estimate of drug-likeness (QED) is 0.0145. The Hall–Kier alpha value is -15.3. The van der Waals surface area contributed by atoms with E-state index in [1.165, 1.54) is 42.0 Å². The molecule has 5 heterocycles. The molecule has 5 aliphatic rings. The fourth-order valence-electron chi connectivity index (χ4n) is 16.4. The van der Waals surface area contributed by atoms with Crippen LogP contribution in [-0.2, 0) is 92.1 Å². The van der Waals surface area contributed by atoms with E-state index in [-0.39, 0.29) is 53.8 Å². The van der Waals surface area contributed by atoms with Gasteiger partial charge in [-0.15, -0.1) is 0 Å². The van der Waals surface area contributed by atoms with Gasteiger partial charge in [0.25, 0.3) is 0 Å². The summed E-state index contributed by atoms with van der Waals surface area (Å²) in [5.74, 6) is 5.04. The number of hydrogen-bond acceptors (Lipinski definition) is 23. The Morgan fingerprint density at radius 3 is 1.13 bits per heavy atom. The number of hydrogen-bond donors (Lipinski definition) is 2. The summed E-state index contributed by atoms with van der Waals surface area (Å²) < 4.78 is 138. The highest BCUT2D eigenvalue weighted by atomic mass is 32.2. The van der Waals surface area contributed by atoms with Crippen LogP contribution in [0.25, 0.3) is 33.4 Å². The first-order chi connectivity index (χ1) is 71.3. The second-order valence-electron chi connectivity index (χ2n) is 37.3. The number of halogens is 3. The molecular weight excluding hydrogens is 1920 g/mol. The zero-order chi connectivity index (χ0) is 105. The van der Waals surface area contributed by atoms with Gasteiger partial charge in [-0.25, -0.2) is 4.79 Å². The van der Waals surface area contributed by atoms with Crippen molar-refractivity contribution in [2.45, 2.75) is 161 Å². The lowest BCUT2D eigenvalue weighted by Gasteiger charge is -2.32. The van der Waals surface area contributed by atoms with Crippen molar-refractivity contribution in [3.8, 4) is 103 Å². The van der Waals surface area contributed by atoms with E-state index in [4.69, 9.17) is 61.1 Å². The number of aliphatic hydroxyl groups excluding tert-OH is 1. The molecule has 1 fully saturated rings. The topological polar surface area (TPSA) is 296 Å². The van der Waals surface area contributed by atoms with Gasteiger partial charge in [-0.05, 0) is 302 Å². The number of aldehydes is 3. The molecule has 29 heteroatoms. The van der Waals surface area contributed by atoms with Gasteiger partial charge >= 0.3 is 28.7 Å². The van der Waals surface area contributed by atoms with Crippen LogP contribution in [0.3, 0.4) is 0 Å². The molecule has 0 saturated carbocycles. The summed E-state index contributed by atoms with van der Waals surface area (Å²) in [6.45, 7) is 19.7. The first-order valence-electron chi connectivity index (χ1n) is 48.6. The number of aromatic hydroxyl groups is 1. The molecule has 1 saturated heterocycles. The highest BCUT2D eigenvalue weighted by Gasteiger charge is 2.52. The third-order valence-electron chi connectivity index (χ3n) is 24.9. The van der Waals surface area contributed by atoms with E-state index in [1.54, 1.807) is 48.5 Å². The zero-order valence-electron chi connectivity index (χ0n) is 83.6. The summed E-state index contributed by atoms with van der Waals surface area (Å²) in [5, 5.41) is 29.9. The Labute approximate surface area is 862 Å². The highest BCUT2D eigenvalue weighted by Crippen LogP contribution is 2.43. The highest BCUT2D eigenvalue weighted by molar-refractivity contribution is 7.88. The molecule has 0 spiro atoms. The van der Waals surface area contributed by atoms with E-state index in [1.807, 2.05) is 206 Å². The number of carbonyl (C=O) groups is 4. The number of aliphatic hydroxyl groups is 1. The standard InChI is InChI=1S/C27H29NO3Si.C25H24O5.C23H20O3.C15H21BO3.C15H11F3O5S.C14H12O3/c1-32(2,3)31-27(18-28)24-13-12-23(30-19-20-8-5-4-6-9-20)17-25(24)21-11-14-26-22(16-21)10-7-15-29-26;1-28-25(27)24(26)21-11-10-20(30-16-17-6-3-2-4-7-17)15-22(21)18-9-12-23-19(14-18)8-5-13-29-23;24-15-20-8-10-21(26-16-17-5-2-1-3-6-17)14-22(20)18-9-11-23-19(13-18)7-4-12-25-23;1-14(2)15(3,4)19-16(18-14)12-7-8-13-11(10-12)6-5-9-17-13;16-15(17,18)24(20,21)23-14-8-13(7-6-12(14)9-19)22-10-11-4-2-1-3-5-11;15-9-12-6-7-13(8-14(12)16)17-10-11-4-2-1-3-5-11/h4-6,8-9,11-14,16-17,27H,7,10,15,19H2,1-3H3;2-4,6-7,9-12,14-15,24,26H,5,8,13,16H2,1H3;1-3,5-6,8-11,13-15H,4,7,12,16H2;7-8,10H,5-6,9H2,1-4H3;1-9H,10H2;1-9,16H,10H2. The van der Waals surface area contributed by atoms with Gasteiger partial charge in [0, 0.05) is 23.3 Å². The van der Waals surface area contributed by atoms with Crippen molar-refractivity contribution in [2.24, 2.45) is 0 Å². The number of phenolic OH excluding ortho intramolecular Hbond substituents is 1. The predicted octanol–water partition coefficient (Wildman–Crippen LogP) is 24.6. The molecule has 14 aromatic rings. The van der Waals surface area contributed by atoms with E-state index in [9.17, 15) is 56.2 Å². The monoisotopic (exact) mass is 2040 g/mol. The van der Waals surface area contributed by atoms with Gasteiger partial charge in [-0.3, -0.25) is 14.4 Å².